The van der Waals surface area contributed by atoms with Crippen molar-refractivity contribution < 1.29 is 17.9 Å². The molecule has 0 unspecified atom stereocenters. The van der Waals surface area contributed by atoms with Crippen molar-refractivity contribution in [1.29, 1.82) is 0 Å². The highest BCUT2D eigenvalue weighted by atomic mass is 32.2. The Morgan fingerprint density at radius 2 is 1.81 bits per heavy atom. The lowest BCUT2D eigenvalue weighted by Gasteiger charge is -2.02. The number of primary sulfonamides is 1. The molecule has 0 radical (unpaired) electrons. The fraction of sp³-hybridized carbons (Fsp3) is 0.0556. The van der Waals surface area contributed by atoms with E-state index in [-0.39, 0.29) is 17.2 Å². The number of hydrogen-bond donors (Lipinski definition) is 2. The van der Waals surface area contributed by atoms with Crippen LogP contribution in [0.5, 0.6) is 11.5 Å². The van der Waals surface area contributed by atoms with Crippen molar-refractivity contribution in [3.63, 3.8) is 0 Å². The van der Waals surface area contributed by atoms with Crippen LogP contribution in [0, 0.1) is 0 Å². The third kappa shape index (κ3) is 3.14. The number of benzene rings is 2. The van der Waals surface area contributed by atoms with Crippen LogP contribution in [0.25, 0.3) is 18.3 Å². The van der Waals surface area contributed by atoms with Gasteiger partial charge in [-0.15, -0.1) is 0 Å². The number of sulfonamides is 1. The van der Waals surface area contributed by atoms with E-state index < -0.39 is 10.0 Å². The molecule has 0 aliphatic carbocycles. The molecule has 1 aromatic heterocycles. The lowest BCUT2D eigenvalue weighted by molar-refractivity contribution is 0.174. The van der Waals surface area contributed by atoms with E-state index in [4.69, 9.17) is 14.6 Å². The van der Waals surface area contributed by atoms with Gasteiger partial charge in [-0.05, 0) is 48.0 Å². The first-order valence-corrected chi connectivity index (χ1v) is 9.42. The zero-order valence-corrected chi connectivity index (χ0v) is 14.8. The molecule has 0 atom stereocenters. The minimum Gasteiger partial charge on any atom is -0.454 e. The molecule has 8 nitrogen and oxygen atoms in total. The Labute approximate surface area is 153 Å². The van der Waals surface area contributed by atoms with Gasteiger partial charge in [-0.2, -0.15) is 0 Å². The number of rotatable bonds is 3. The van der Waals surface area contributed by atoms with Gasteiger partial charge in [-0.25, -0.2) is 18.2 Å². The fourth-order valence-electron chi connectivity index (χ4n) is 2.78. The molecule has 0 amide bonds. The number of aromatic nitrogens is 2. The molecule has 27 heavy (non-hydrogen) atoms. The molecule has 0 spiro atoms. The van der Waals surface area contributed by atoms with Crippen LogP contribution >= 0.6 is 0 Å². The summed E-state index contributed by atoms with van der Waals surface area (Å²) >= 11 is 0. The van der Waals surface area contributed by atoms with Crippen molar-refractivity contribution >= 4 is 22.7 Å². The molecule has 2 aromatic carbocycles. The zero-order chi connectivity index (χ0) is 19.2. The predicted molar refractivity (Wildman–Crippen MR) is 98.7 cm³/mol. The van der Waals surface area contributed by atoms with Gasteiger partial charge in [-0.3, -0.25) is 9.89 Å². The van der Waals surface area contributed by atoms with Crippen molar-refractivity contribution in [2.75, 3.05) is 6.79 Å². The van der Waals surface area contributed by atoms with Crippen LogP contribution < -0.4 is 30.7 Å². The van der Waals surface area contributed by atoms with Gasteiger partial charge in [-0.1, -0.05) is 12.6 Å². The van der Waals surface area contributed by atoms with Crippen LogP contribution in [0.4, 0.5) is 0 Å². The van der Waals surface area contributed by atoms with Crippen molar-refractivity contribution in [2.45, 2.75) is 4.90 Å². The summed E-state index contributed by atoms with van der Waals surface area (Å²) in [6, 6.07) is 11.0. The number of H-pyrrole nitrogens is 1. The van der Waals surface area contributed by atoms with Crippen LogP contribution in [-0.2, 0) is 10.0 Å². The molecular weight excluding hydrogens is 370 g/mol. The standard InChI is InChI=1S/C18H15N3O5S/c1-11-15(8-12-2-7-16-17(9-12)26-10-25-16)18(22)21(20-11)13-3-5-14(6-4-13)27(19,23)24/h2-9,20H,1,10H2,(H2,19,23,24)/b15-8-. The van der Waals surface area contributed by atoms with Gasteiger partial charge in [0.1, 0.15) is 0 Å². The molecule has 138 valence electrons. The van der Waals surface area contributed by atoms with Gasteiger partial charge < -0.3 is 9.47 Å². The quantitative estimate of drug-likeness (QED) is 0.647. The second kappa shape index (κ2) is 6.15. The molecule has 3 aromatic rings. The summed E-state index contributed by atoms with van der Waals surface area (Å²) in [5.41, 5.74) is 0.903. The molecule has 1 aliphatic rings. The van der Waals surface area contributed by atoms with Crippen LogP contribution in [0.1, 0.15) is 5.56 Å². The molecule has 4 rings (SSSR count). The molecule has 0 saturated carbocycles. The number of nitrogens with one attached hydrogen (secondary N) is 1. The molecule has 3 N–H and O–H groups in total. The monoisotopic (exact) mass is 385 g/mol. The topological polar surface area (TPSA) is 116 Å². The largest absolute Gasteiger partial charge is 0.454 e. The Bertz CT molecular complexity index is 1300. The summed E-state index contributed by atoms with van der Waals surface area (Å²) < 4.78 is 34.6. The number of ether oxygens (including phenoxy) is 2. The minimum atomic E-state index is -3.80. The van der Waals surface area contributed by atoms with Gasteiger partial charge in [0.05, 0.1) is 21.2 Å². The van der Waals surface area contributed by atoms with Crippen LogP contribution in [0.3, 0.4) is 0 Å². The van der Waals surface area contributed by atoms with Crippen LogP contribution in [-0.4, -0.2) is 25.0 Å². The smallest absolute Gasteiger partial charge is 0.279 e. The molecule has 9 heteroatoms. The van der Waals surface area contributed by atoms with E-state index in [2.05, 4.69) is 11.7 Å². The third-order valence-corrected chi connectivity index (χ3v) is 5.07. The predicted octanol–water partition coefficient (Wildman–Crippen LogP) is -0.219. The first-order chi connectivity index (χ1) is 12.8. The fourth-order valence-corrected chi connectivity index (χ4v) is 3.30. The number of nitrogens with two attached hydrogens (primary N) is 1. The first-order valence-electron chi connectivity index (χ1n) is 7.87. The Hall–Kier alpha value is -3.30. The third-order valence-electron chi connectivity index (χ3n) is 4.14. The lowest BCUT2D eigenvalue weighted by Crippen LogP contribution is -2.33. The second-order valence-electron chi connectivity index (χ2n) is 5.94. The van der Waals surface area contributed by atoms with Gasteiger partial charge in [0, 0.05) is 0 Å². The summed E-state index contributed by atoms with van der Waals surface area (Å²) in [7, 11) is -3.80. The second-order valence-corrected chi connectivity index (χ2v) is 7.50. The zero-order valence-electron chi connectivity index (χ0n) is 14.0. The Kier molecular flexibility index (Phi) is 3.90. The molecular formula is C18H15N3O5S. The van der Waals surface area contributed by atoms with Crippen LogP contribution in [0.2, 0.25) is 0 Å². The number of hydrogen-bond acceptors (Lipinski definition) is 5. The van der Waals surface area contributed by atoms with E-state index >= 15 is 0 Å². The highest BCUT2D eigenvalue weighted by Gasteiger charge is 2.13. The number of fused-ring (bicyclic) bond motifs is 1. The maximum Gasteiger partial charge on any atom is 0.279 e. The summed E-state index contributed by atoms with van der Waals surface area (Å²) in [5, 5.41) is 8.78. The summed E-state index contributed by atoms with van der Waals surface area (Å²) in [5.74, 6) is 1.27. The SMILES string of the molecule is C=c1[nH]n(-c2ccc(S(N)(=O)=O)cc2)c(=O)/c1=C\c1ccc2c(c1)OCO2. The van der Waals surface area contributed by atoms with E-state index in [0.717, 1.165) is 5.56 Å². The van der Waals surface area contributed by atoms with Gasteiger partial charge in [0.15, 0.2) is 11.5 Å². The summed E-state index contributed by atoms with van der Waals surface area (Å²) in [6.07, 6.45) is 1.69. The van der Waals surface area contributed by atoms with Gasteiger partial charge in [0.2, 0.25) is 16.8 Å². The van der Waals surface area contributed by atoms with Gasteiger partial charge in [0.25, 0.3) is 5.56 Å². The normalized spacial score (nSPS) is 13.9. The van der Waals surface area contributed by atoms with E-state index in [1.165, 1.54) is 28.9 Å². The highest BCUT2D eigenvalue weighted by Crippen LogP contribution is 2.32. The molecule has 2 heterocycles. The summed E-state index contributed by atoms with van der Waals surface area (Å²) in [4.78, 5) is 12.7. The molecule has 0 bridgehead atoms. The average molecular weight is 385 g/mol. The Morgan fingerprint density at radius 3 is 2.52 bits per heavy atom. The Morgan fingerprint density at radius 1 is 1.11 bits per heavy atom. The van der Waals surface area contributed by atoms with Crippen molar-refractivity contribution in [2.24, 2.45) is 5.14 Å². The lowest BCUT2D eigenvalue weighted by atomic mass is 10.1. The average Bonchev–Trinajstić information content (AvgIpc) is 3.20. The molecule has 0 saturated heterocycles. The van der Waals surface area contributed by atoms with Crippen molar-refractivity contribution in [3.05, 3.63) is 68.9 Å². The summed E-state index contributed by atoms with van der Waals surface area (Å²) in [6.45, 7) is 4.04. The molecule has 0 fully saturated rings. The van der Waals surface area contributed by atoms with E-state index in [1.807, 2.05) is 6.07 Å². The minimum absolute atomic E-state index is 0.0344. The van der Waals surface area contributed by atoms with E-state index in [0.29, 0.717) is 27.8 Å². The van der Waals surface area contributed by atoms with Crippen molar-refractivity contribution in [3.8, 4) is 17.2 Å². The maximum absolute atomic E-state index is 12.8. The number of nitrogens with zero attached hydrogens (tertiary/aromatic N) is 1. The highest BCUT2D eigenvalue weighted by molar-refractivity contribution is 7.89. The first kappa shape index (κ1) is 17.1. The van der Waals surface area contributed by atoms with Gasteiger partial charge >= 0.3 is 0 Å². The van der Waals surface area contributed by atoms with E-state index in [9.17, 15) is 13.2 Å². The van der Waals surface area contributed by atoms with Crippen LogP contribution in [0.15, 0.2) is 52.2 Å². The number of aromatic amines is 1. The Balaban J connectivity index is 1.78. The maximum atomic E-state index is 12.8. The molecule has 1 aliphatic heterocycles. The van der Waals surface area contributed by atoms with E-state index in [1.54, 1.807) is 18.2 Å². The van der Waals surface area contributed by atoms with Crippen molar-refractivity contribution in [1.82, 2.24) is 9.78 Å².